The van der Waals surface area contributed by atoms with Crippen LogP contribution in [0.5, 0.6) is 5.75 Å². The Bertz CT molecular complexity index is 1260. The largest absolute Gasteiger partial charge is 0.461 e. The number of ether oxygens (including phenoxy) is 1. The second-order valence-electron chi connectivity index (χ2n) is 8.33. The van der Waals surface area contributed by atoms with Gasteiger partial charge < -0.3 is 15.4 Å². The van der Waals surface area contributed by atoms with Gasteiger partial charge in [-0.25, -0.2) is 9.18 Å². The zero-order valence-electron chi connectivity index (χ0n) is 19.8. The Balaban J connectivity index is 2.15. The molecular weight excluding hydrogens is 562 g/mol. The number of rotatable bonds is 9. The molecule has 3 unspecified atom stereocenters. The lowest BCUT2D eigenvalue weighted by atomic mass is 9.84. The van der Waals surface area contributed by atoms with Crippen molar-refractivity contribution in [1.82, 2.24) is 15.6 Å². The molecule has 0 aliphatic heterocycles. The molecule has 39 heavy (non-hydrogen) atoms. The van der Waals surface area contributed by atoms with Gasteiger partial charge in [-0.3, -0.25) is 4.98 Å². The first-order valence-electron chi connectivity index (χ1n) is 11.1. The van der Waals surface area contributed by atoms with E-state index in [1.807, 2.05) is 0 Å². The normalized spacial score (nSPS) is 14.4. The van der Waals surface area contributed by atoms with Crippen molar-refractivity contribution in [3.05, 3.63) is 94.5 Å². The zero-order valence-corrected chi connectivity index (χ0v) is 20.6. The molecule has 3 aromatic rings. The Labute approximate surface area is 222 Å². The first-order chi connectivity index (χ1) is 18.2. The van der Waals surface area contributed by atoms with Crippen molar-refractivity contribution in [2.24, 2.45) is 0 Å². The van der Waals surface area contributed by atoms with Crippen molar-refractivity contribution in [2.45, 2.75) is 43.6 Å². The molecule has 0 aliphatic carbocycles. The molecule has 2 amide bonds. The Morgan fingerprint density at radius 1 is 0.949 bits per heavy atom. The van der Waals surface area contributed by atoms with Crippen LogP contribution in [-0.4, -0.2) is 35.8 Å². The third-order valence-corrected chi connectivity index (χ3v) is 5.67. The van der Waals surface area contributed by atoms with Crippen LogP contribution in [0.3, 0.4) is 0 Å². The Morgan fingerprint density at radius 2 is 1.62 bits per heavy atom. The van der Waals surface area contributed by atoms with Gasteiger partial charge in [0.25, 0.3) is 0 Å². The van der Waals surface area contributed by atoms with E-state index >= 15 is 0 Å². The molecule has 5 nitrogen and oxygen atoms in total. The number of nitrogens with zero attached hydrogens (tertiary/aromatic N) is 1. The average Bonchev–Trinajstić information content (AvgIpc) is 2.84. The zero-order chi connectivity index (χ0) is 29.0. The number of benzene rings is 2. The molecule has 210 valence electrons. The molecule has 2 aromatic carbocycles. The number of hydrogen-bond donors (Lipinski definition) is 2. The predicted octanol–water partition coefficient (Wildman–Crippen LogP) is 7.23. The topological polar surface area (TPSA) is 63.2 Å². The molecule has 0 spiro atoms. The third-order valence-electron chi connectivity index (χ3n) is 5.45. The smallest absolute Gasteiger partial charge is 0.428 e. The number of pyridine rings is 1. The van der Waals surface area contributed by atoms with Crippen LogP contribution in [0, 0.1) is 5.82 Å². The number of amides is 2. The van der Waals surface area contributed by atoms with Crippen molar-refractivity contribution in [3.8, 4) is 5.75 Å². The van der Waals surface area contributed by atoms with Gasteiger partial charge in [0, 0.05) is 12.3 Å². The van der Waals surface area contributed by atoms with Gasteiger partial charge in [-0.2, -0.15) is 30.7 Å². The molecular formula is C25H20ClF8N3O2. The number of carbonyl (C=O) groups is 1. The Morgan fingerprint density at radius 3 is 2.18 bits per heavy atom. The minimum Gasteiger partial charge on any atom is -0.428 e. The van der Waals surface area contributed by atoms with Gasteiger partial charge in [-0.05, 0) is 42.3 Å². The van der Waals surface area contributed by atoms with E-state index in [1.54, 1.807) is 35.6 Å². The number of hydrogen-bond acceptors (Lipinski definition) is 3. The second kappa shape index (κ2) is 12.1. The van der Waals surface area contributed by atoms with Gasteiger partial charge in [0.15, 0.2) is 0 Å². The summed E-state index contributed by atoms with van der Waals surface area (Å²) in [5.41, 5.74) is 0.325. The van der Waals surface area contributed by atoms with Gasteiger partial charge in [-0.15, -0.1) is 0 Å². The van der Waals surface area contributed by atoms with Crippen molar-refractivity contribution < 1.29 is 44.7 Å². The number of aromatic nitrogens is 1. The van der Waals surface area contributed by atoms with Crippen molar-refractivity contribution in [2.75, 3.05) is 0 Å². The highest BCUT2D eigenvalue weighted by Crippen LogP contribution is 2.39. The van der Waals surface area contributed by atoms with Crippen molar-refractivity contribution >= 4 is 17.6 Å². The summed E-state index contributed by atoms with van der Waals surface area (Å²) >= 11 is 5.92. The van der Waals surface area contributed by atoms with E-state index in [9.17, 15) is 39.9 Å². The highest BCUT2D eigenvalue weighted by Gasteiger charge is 2.44. The van der Waals surface area contributed by atoms with Crippen LogP contribution in [0.15, 0.2) is 66.9 Å². The monoisotopic (exact) mass is 581 g/mol. The van der Waals surface area contributed by atoms with Gasteiger partial charge in [0.2, 0.25) is 0 Å². The van der Waals surface area contributed by atoms with Gasteiger partial charge in [0.1, 0.15) is 17.6 Å². The average molecular weight is 582 g/mol. The molecule has 1 aromatic heterocycles. The highest BCUT2D eigenvalue weighted by atomic mass is 35.5. The van der Waals surface area contributed by atoms with Crippen molar-refractivity contribution in [3.63, 3.8) is 0 Å². The van der Waals surface area contributed by atoms with Gasteiger partial charge in [-0.1, -0.05) is 41.9 Å². The SMILES string of the molecule is CC(NC(=O)NC(c1cc(F)cc(OC(F)(F)C(F)F)c1)C(c1ccccc1)c1ccc(Cl)cn1)C(F)(F)F. The molecule has 0 bridgehead atoms. The maximum absolute atomic E-state index is 14.6. The Kier molecular flexibility index (Phi) is 9.26. The van der Waals surface area contributed by atoms with Crippen LogP contribution >= 0.6 is 11.6 Å². The van der Waals surface area contributed by atoms with Crippen LogP contribution in [0.4, 0.5) is 39.9 Å². The van der Waals surface area contributed by atoms with Crippen LogP contribution in [-0.2, 0) is 0 Å². The lowest BCUT2D eigenvalue weighted by Gasteiger charge is -2.30. The standard InChI is InChI=1S/C25H20ClF8N3O2/c1-13(24(30,31)32)36-23(38)37-21(15-9-17(27)11-18(10-15)39-25(33,34)22(28)29)20(14-5-3-2-4-6-14)19-8-7-16(26)12-35-19/h2-13,20-22H,1H3,(H2,36,37,38). The minimum absolute atomic E-state index is 0.199. The number of nitrogens with one attached hydrogen (secondary N) is 2. The van der Waals surface area contributed by atoms with E-state index in [2.05, 4.69) is 15.0 Å². The van der Waals surface area contributed by atoms with Gasteiger partial charge >= 0.3 is 24.7 Å². The number of carbonyl (C=O) groups excluding carboxylic acids is 1. The fraction of sp³-hybridized carbons (Fsp3) is 0.280. The molecule has 0 fully saturated rings. The van der Waals surface area contributed by atoms with E-state index in [4.69, 9.17) is 11.6 Å². The summed E-state index contributed by atoms with van der Waals surface area (Å²) in [4.78, 5) is 16.9. The molecule has 3 atom stereocenters. The molecule has 0 saturated heterocycles. The lowest BCUT2D eigenvalue weighted by molar-refractivity contribution is -0.253. The predicted molar refractivity (Wildman–Crippen MR) is 125 cm³/mol. The maximum Gasteiger partial charge on any atom is 0.461 e. The second-order valence-corrected chi connectivity index (χ2v) is 8.77. The summed E-state index contributed by atoms with van der Waals surface area (Å²) in [6.07, 6.45) is -12.8. The van der Waals surface area contributed by atoms with E-state index < -0.39 is 54.3 Å². The number of halogens is 9. The minimum atomic E-state index is -4.98. The van der Waals surface area contributed by atoms with E-state index in [0.29, 0.717) is 18.6 Å². The fourth-order valence-electron chi connectivity index (χ4n) is 3.61. The van der Waals surface area contributed by atoms with Crippen LogP contribution in [0.1, 0.15) is 35.7 Å². The summed E-state index contributed by atoms with van der Waals surface area (Å²) in [6.45, 7) is 0.685. The van der Waals surface area contributed by atoms with Gasteiger partial charge in [0.05, 0.1) is 22.7 Å². The van der Waals surface area contributed by atoms with E-state index in [0.717, 1.165) is 12.1 Å². The molecule has 2 N–H and O–H groups in total. The molecule has 0 saturated carbocycles. The molecule has 0 radical (unpaired) electrons. The van der Waals surface area contributed by atoms with Crippen LogP contribution < -0.4 is 15.4 Å². The van der Waals surface area contributed by atoms with E-state index in [1.165, 1.54) is 18.3 Å². The summed E-state index contributed by atoms with van der Waals surface area (Å²) in [5, 5.41) is 4.24. The lowest BCUT2D eigenvalue weighted by Crippen LogP contribution is -2.49. The Hall–Kier alpha value is -3.61. The summed E-state index contributed by atoms with van der Waals surface area (Å²) in [7, 11) is 0. The maximum atomic E-state index is 14.6. The highest BCUT2D eigenvalue weighted by molar-refractivity contribution is 6.30. The summed E-state index contributed by atoms with van der Waals surface area (Å²) in [5.74, 6) is -3.28. The van der Waals surface area contributed by atoms with Crippen LogP contribution in [0.25, 0.3) is 0 Å². The molecule has 14 heteroatoms. The van der Waals surface area contributed by atoms with E-state index in [-0.39, 0.29) is 16.3 Å². The van der Waals surface area contributed by atoms with Crippen molar-refractivity contribution in [1.29, 1.82) is 0 Å². The summed E-state index contributed by atoms with van der Waals surface area (Å²) < 4.78 is 110. The quantitative estimate of drug-likeness (QED) is 0.262. The number of alkyl halides is 7. The van der Waals surface area contributed by atoms with Crippen LogP contribution in [0.2, 0.25) is 5.02 Å². The molecule has 0 aliphatic rings. The fourth-order valence-corrected chi connectivity index (χ4v) is 3.72. The third kappa shape index (κ3) is 7.94. The summed E-state index contributed by atoms with van der Waals surface area (Å²) in [6, 6.07) is 7.74. The number of urea groups is 1. The first kappa shape index (κ1) is 29.9. The molecule has 1 heterocycles. The first-order valence-corrected chi connectivity index (χ1v) is 11.5. The molecule has 3 rings (SSSR count).